The molecule has 3 nitrogen and oxygen atoms in total. The van der Waals surface area contributed by atoms with E-state index >= 15 is 0 Å². The van der Waals surface area contributed by atoms with Crippen LogP contribution in [0.2, 0.25) is 0 Å². The molecule has 0 spiro atoms. The van der Waals surface area contributed by atoms with Crippen LogP contribution < -0.4 is 0 Å². The molecule has 1 aromatic carbocycles. The topological polar surface area (TPSA) is 46.3 Å². The highest BCUT2D eigenvalue weighted by Crippen LogP contribution is 2.36. The summed E-state index contributed by atoms with van der Waals surface area (Å²) >= 11 is 3.17. The zero-order chi connectivity index (χ0) is 14.2. The summed E-state index contributed by atoms with van der Waals surface area (Å²) in [5, 5.41) is 13.0. The Bertz CT molecular complexity index is 593. The van der Waals surface area contributed by atoms with E-state index in [1.165, 1.54) is 19.1 Å². The average Bonchev–Trinajstić information content (AvgIpc) is 2.77. The van der Waals surface area contributed by atoms with Gasteiger partial charge in [0.25, 0.3) is 0 Å². The number of aromatic nitrogens is 1. The van der Waals surface area contributed by atoms with Crippen molar-refractivity contribution in [1.29, 1.82) is 0 Å². The summed E-state index contributed by atoms with van der Waals surface area (Å²) in [5.74, 6) is 0.194. The van der Waals surface area contributed by atoms with E-state index in [1.54, 1.807) is 0 Å². The summed E-state index contributed by atoms with van der Waals surface area (Å²) in [6.45, 7) is 1.48. The Balaban J connectivity index is 2.48. The second-order valence-corrected chi connectivity index (χ2v) is 4.84. The Hall–Kier alpha value is -1.34. The van der Waals surface area contributed by atoms with Crippen LogP contribution in [-0.4, -0.2) is 10.3 Å². The second-order valence-electron chi connectivity index (χ2n) is 3.98. The standard InChI is InChI=1S/C12H9BrF3NO2/c1-6(18)11-5-10(17-19-11)8-4-7(12(14,15)16)2-3-9(8)13/h2-6,18H,1H3. The molecule has 1 heterocycles. The lowest BCUT2D eigenvalue weighted by atomic mass is 10.1. The van der Waals surface area contributed by atoms with Crippen molar-refractivity contribution in [2.24, 2.45) is 0 Å². The summed E-state index contributed by atoms with van der Waals surface area (Å²) in [6, 6.07) is 4.66. The molecule has 0 aliphatic carbocycles. The molecular formula is C12H9BrF3NO2. The molecule has 0 aliphatic rings. The van der Waals surface area contributed by atoms with Crippen molar-refractivity contribution in [2.45, 2.75) is 19.2 Å². The summed E-state index contributed by atoms with van der Waals surface area (Å²) in [6.07, 6.45) is -5.29. The fourth-order valence-electron chi connectivity index (χ4n) is 1.51. The van der Waals surface area contributed by atoms with Crippen LogP contribution in [0.4, 0.5) is 13.2 Å². The van der Waals surface area contributed by atoms with Crippen molar-refractivity contribution in [1.82, 2.24) is 5.16 Å². The van der Waals surface area contributed by atoms with Gasteiger partial charge in [-0.2, -0.15) is 13.2 Å². The van der Waals surface area contributed by atoms with Crippen molar-refractivity contribution in [3.05, 3.63) is 40.1 Å². The Labute approximate surface area is 115 Å². The molecule has 0 aliphatic heterocycles. The highest BCUT2D eigenvalue weighted by atomic mass is 79.9. The summed E-state index contributed by atoms with van der Waals surface area (Å²) in [5.41, 5.74) is -0.286. The van der Waals surface area contributed by atoms with E-state index in [0.717, 1.165) is 12.1 Å². The molecule has 2 rings (SSSR count). The van der Waals surface area contributed by atoms with Crippen molar-refractivity contribution in [3.8, 4) is 11.3 Å². The number of halogens is 4. The van der Waals surface area contributed by atoms with Crippen LogP contribution in [0.15, 0.2) is 33.3 Å². The van der Waals surface area contributed by atoms with Crippen LogP contribution in [-0.2, 0) is 6.18 Å². The molecule has 1 atom stereocenters. The van der Waals surface area contributed by atoms with E-state index in [4.69, 9.17) is 4.52 Å². The first-order valence-corrected chi connectivity index (χ1v) is 6.10. The van der Waals surface area contributed by atoms with Gasteiger partial charge in [-0.15, -0.1) is 0 Å². The number of alkyl halides is 3. The van der Waals surface area contributed by atoms with Crippen molar-refractivity contribution < 1.29 is 22.8 Å². The molecule has 7 heteroatoms. The third-order valence-corrected chi connectivity index (χ3v) is 3.20. The largest absolute Gasteiger partial charge is 0.416 e. The van der Waals surface area contributed by atoms with Gasteiger partial charge < -0.3 is 9.63 Å². The summed E-state index contributed by atoms with van der Waals surface area (Å²) in [7, 11) is 0. The van der Waals surface area contributed by atoms with Gasteiger partial charge in [-0.25, -0.2) is 0 Å². The van der Waals surface area contributed by atoms with Gasteiger partial charge in [0, 0.05) is 16.1 Å². The smallest absolute Gasteiger partial charge is 0.385 e. The van der Waals surface area contributed by atoms with E-state index in [9.17, 15) is 18.3 Å². The number of aliphatic hydroxyl groups is 1. The third-order valence-electron chi connectivity index (χ3n) is 2.51. The van der Waals surface area contributed by atoms with Gasteiger partial charge >= 0.3 is 6.18 Å². The third kappa shape index (κ3) is 2.98. The van der Waals surface area contributed by atoms with Gasteiger partial charge in [-0.3, -0.25) is 0 Å². The molecule has 0 radical (unpaired) electrons. The maximum absolute atomic E-state index is 12.6. The van der Waals surface area contributed by atoms with E-state index in [1.807, 2.05) is 0 Å². The predicted molar refractivity (Wildman–Crippen MR) is 65.3 cm³/mol. The van der Waals surface area contributed by atoms with Crippen LogP contribution in [0.3, 0.4) is 0 Å². The Kier molecular flexibility index (Phi) is 3.69. The monoisotopic (exact) mass is 335 g/mol. The number of nitrogens with zero attached hydrogens (tertiary/aromatic N) is 1. The lowest BCUT2D eigenvalue weighted by Gasteiger charge is -2.08. The molecule has 0 amide bonds. The SMILES string of the molecule is CC(O)c1cc(-c2cc(C(F)(F)F)ccc2Br)no1. The van der Waals surface area contributed by atoms with E-state index in [-0.39, 0.29) is 17.0 Å². The lowest BCUT2D eigenvalue weighted by molar-refractivity contribution is -0.137. The molecule has 1 aromatic heterocycles. The van der Waals surface area contributed by atoms with Crippen LogP contribution in [0.5, 0.6) is 0 Å². The first-order valence-electron chi connectivity index (χ1n) is 5.31. The molecule has 0 saturated heterocycles. The number of hydrogen-bond donors (Lipinski definition) is 1. The zero-order valence-corrected chi connectivity index (χ0v) is 11.3. The van der Waals surface area contributed by atoms with Gasteiger partial charge in [0.2, 0.25) is 0 Å². The van der Waals surface area contributed by atoms with Crippen molar-refractivity contribution in [3.63, 3.8) is 0 Å². The number of rotatable bonds is 2. The second kappa shape index (κ2) is 4.97. The number of benzene rings is 1. The van der Waals surface area contributed by atoms with Gasteiger partial charge in [0.1, 0.15) is 11.8 Å². The van der Waals surface area contributed by atoms with Gasteiger partial charge in [-0.05, 0) is 25.1 Å². The fraction of sp³-hybridized carbons (Fsp3) is 0.250. The normalized spacial score (nSPS) is 13.6. The lowest BCUT2D eigenvalue weighted by Crippen LogP contribution is -2.04. The maximum atomic E-state index is 12.6. The minimum absolute atomic E-state index is 0.194. The first kappa shape index (κ1) is 14.1. The maximum Gasteiger partial charge on any atom is 0.416 e. The van der Waals surface area contributed by atoms with Crippen LogP contribution in [0.25, 0.3) is 11.3 Å². The summed E-state index contributed by atoms with van der Waals surface area (Å²) < 4.78 is 43.3. The molecule has 1 N–H and O–H groups in total. The van der Waals surface area contributed by atoms with Crippen LogP contribution in [0, 0.1) is 0 Å². The molecule has 0 saturated carbocycles. The molecule has 0 bridgehead atoms. The van der Waals surface area contributed by atoms with Crippen LogP contribution in [0.1, 0.15) is 24.4 Å². The van der Waals surface area contributed by atoms with E-state index < -0.39 is 17.8 Å². The molecule has 102 valence electrons. The van der Waals surface area contributed by atoms with Gasteiger partial charge in [0.05, 0.1) is 5.56 Å². The predicted octanol–water partition coefficient (Wildman–Crippen LogP) is 4.18. The summed E-state index contributed by atoms with van der Waals surface area (Å²) in [4.78, 5) is 0. The van der Waals surface area contributed by atoms with Crippen molar-refractivity contribution >= 4 is 15.9 Å². The van der Waals surface area contributed by atoms with E-state index in [2.05, 4.69) is 21.1 Å². The Morgan fingerprint density at radius 1 is 1.32 bits per heavy atom. The highest BCUT2D eigenvalue weighted by molar-refractivity contribution is 9.10. The van der Waals surface area contributed by atoms with E-state index in [0.29, 0.717) is 4.47 Å². The van der Waals surface area contributed by atoms with Crippen LogP contribution >= 0.6 is 15.9 Å². The first-order chi connectivity index (χ1) is 8.79. The number of aliphatic hydroxyl groups excluding tert-OH is 1. The Morgan fingerprint density at radius 3 is 2.53 bits per heavy atom. The molecule has 2 aromatic rings. The molecular weight excluding hydrogens is 327 g/mol. The molecule has 0 fully saturated rings. The van der Waals surface area contributed by atoms with Gasteiger partial charge in [0.15, 0.2) is 5.76 Å². The van der Waals surface area contributed by atoms with Crippen molar-refractivity contribution in [2.75, 3.05) is 0 Å². The highest BCUT2D eigenvalue weighted by Gasteiger charge is 2.31. The zero-order valence-electron chi connectivity index (χ0n) is 9.70. The fourth-order valence-corrected chi connectivity index (χ4v) is 1.96. The Morgan fingerprint density at radius 2 is 2.00 bits per heavy atom. The minimum Gasteiger partial charge on any atom is -0.385 e. The average molecular weight is 336 g/mol. The number of hydrogen-bond acceptors (Lipinski definition) is 3. The molecule has 19 heavy (non-hydrogen) atoms. The van der Waals surface area contributed by atoms with Gasteiger partial charge in [-0.1, -0.05) is 21.1 Å². The molecule has 1 unspecified atom stereocenters. The quantitative estimate of drug-likeness (QED) is 0.895. The minimum atomic E-state index is -4.42.